The standard InChI is InChI=1S/C16H10ClF3N2O2/c17-12-4-1-10(2-5-12)14-7-13(24-21-14)9-22-8-11(16(18,19)20)3-6-15(22)23/h1-8H,9H2. The molecule has 0 bridgehead atoms. The van der Waals surface area contributed by atoms with Gasteiger partial charge in [-0.3, -0.25) is 4.79 Å². The summed E-state index contributed by atoms with van der Waals surface area (Å²) in [6, 6.07) is 10.0. The number of aromatic nitrogens is 2. The summed E-state index contributed by atoms with van der Waals surface area (Å²) < 4.78 is 44.2. The van der Waals surface area contributed by atoms with Crippen LogP contribution in [-0.2, 0) is 12.7 Å². The number of alkyl halides is 3. The van der Waals surface area contributed by atoms with Crippen LogP contribution in [0.2, 0.25) is 5.02 Å². The molecule has 2 heterocycles. The fraction of sp³-hybridized carbons (Fsp3) is 0.125. The van der Waals surface area contributed by atoms with Crippen molar-refractivity contribution in [1.82, 2.24) is 9.72 Å². The van der Waals surface area contributed by atoms with E-state index in [-0.39, 0.29) is 12.3 Å². The Morgan fingerprint density at radius 3 is 2.50 bits per heavy atom. The van der Waals surface area contributed by atoms with Crippen molar-refractivity contribution >= 4 is 11.6 Å². The van der Waals surface area contributed by atoms with Gasteiger partial charge in [-0.1, -0.05) is 28.9 Å². The molecule has 0 radical (unpaired) electrons. The van der Waals surface area contributed by atoms with Gasteiger partial charge in [0.1, 0.15) is 5.69 Å². The van der Waals surface area contributed by atoms with E-state index < -0.39 is 17.3 Å². The third-order valence-electron chi connectivity index (χ3n) is 3.34. The number of halogens is 4. The van der Waals surface area contributed by atoms with Gasteiger partial charge in [-0.15, -0.1) is 0 Å². The number of benzene rings is 1. The Morgan fingerprint density at radius 1 is 1.12 bits per heavy atom. The van der Waals surface area contributed by atoms with Gasteiger partial charge in [-0.2, -0.15) is 13.2 Å². The molecule has 0 saturated carbocycles. The third-order valence-corrected chi connectivity index (χ3v) is 3.59. The lowest BCUT2D eigenvalue weighted by Crippen LogP contribution is -2.21. The second kappa shape index (κ2) is 6.16. The fourth-order valence-corrected chi connectivity index (χ4v) is 2.26. The van der Waals surface area contributed by atoms with Gasteiger partial charge in [0.2, 0.25) is 0 Å². The summed E-state index contributed by atoms with van der Waals surface area (Å²) in [4.78, 5) is 11.7. The van der Waals surface area contributed by atoms with E-state index in [0.29, 0.717) is 10.7 Å². The first kappa shape index (κ1) is 16.3. The summed E-state index contributed by atoms with van der Waals surface area (Å²) in [5.74, 6) is 0.265. The Hall–Kier alpha value is -2.54. The summed E-state index contributed by atoms with van der Waals surface area (Å²) in [5, 5.41) is 4.43. The minimum absolute atomic E-state index is 0.149. The molecule has 24 heavy (non-hydrogen) atoms. The molecule has 8 heteroatoms. The number of hydrogen-bond acceptors (Lipinski definition) is 3. The van der Waals surface area contributed by atoms with Gasteiger partial charge in [0.25, 0.3) is 5.56 Å². The number of hydrogen-bond donors (Lipinski definition) is 0. The molecule has 0 fully saturated rings. The average Bonchev–Trinajstić information content (AvgIpc) is 2.97. The number of nitrogens with zero attached hydrogens (tertiary/aromatic N) is 2. The van der Waals surface area contributed by atoms with Crippen molar-refractivity contribution in [2.75, 3.05) is 0 Å². The number of pyridine rings is 1. The van der Waals surface area contributed by atoms with Crippen LogP contribution in [0.5, 0.6) is 0 Å². The molecular weight excluding hydrogens is 345 g/mol. The van der Waals surface area contributed by atoms with E-state index in [1.807, 2.05) is 0 Å². The fourth-order valence-electron chi connectivity index (χ4n) is 2.13. The molecular formula is C16H10ClF3N2O2. The summed E-state index contributed by atoms with van der Waals surface area (Å²) in [6.07, 6.45) is -3.77. The average molecular weight is 355 g/mol. The monoisotopic (exact) mass is 354 g/mol. The Morgan fingerprint density at radius 2 is 1.83 bits per heavy atom. The molecule has 0 aliphatic rings. The lowest BCUT2D eigenvalue weighted by Gasteiger charge is -2.09. The minimum Gasteiger partial charge on any atom is -0.359 e. The highest BCUT2D eigenvalue weighted by Gasteiger charge is 2.31. The molecule has 0 aliphatic heterocycles. The van der Waals surface area contributed by atoms with Gasteiger partial charge >= 0.3 is 6.18 Å². The van der Waals surface area contributed by atoms with Gasteiger partial charge < -0.3 is 9.09 Å². The molecule has 0 amide bonds. The van der Waals surface area contributed by atoms with Crippen molar-refractivity contribution in [2.24, 2.45) is 0 Å². The second-order valence-electron chi connectivity index (χ2n) is 5.07. The Kier molecular flexibility index (Phi) is 4.19. The van der Waals surface area contributed by atoms with Crippen molar-refractivity contribution in [1.29, 1.82) is 0 Å². The van der Waals surface area contributed by atoms with Crippen molar-refractivity contribution in [3.8, 4) is 11.3 Å². The molecule has 0 spiro atoms. The van der Waals surface area contributed by atoms with E-state index in [2.05, 4.69) is 5.16 Å². The molecule has 0 saturated heterocycles. The van der Waals surface area contributed by atoms with E-state index >= 15 is 0 Å². The van der Waals surface area contributed by atoms with Gasteiger partial charge in [-0.05, 0) is 18.2 Å². The zero-order chi connectivity index (χ0) is 17.3. The van der Waals surface area contributed by atoms with Gasteiger partial charge in [0, 0.05) is 28.9 Å². The first-order valence-corrected chi connectivity index (χ1v) is 7.20. The normalized spacial score (nSPS) is 11.7. The third kappa shape index (κ3) is 3.51. The summed E-state index contributed by atoms with van der Waals surface area (Å²) >= 11 is 5.81. The summed E-state index contributed by atoms with van der Waals surface area (Å²) in [7, 11) is 0. The maximum absolute atomic E-state index is 12.7. The summed E-state index contributed by atoms with van der Waals surface area (Å²) in [5.41, 5.74) is -0.223. The molecule has 0 atom stereocenters. The van der Waals surface area contributed by atoms with E-state index in [4.69, 9.17) is 16.1 Å². The maximum atomic E-state index is 12.7. The van der Waals surface area contributed by atoms with Crippen molar-refractivity contribution in [3.63, 3.8) is 0 Å². The predicted octanol–water partition coefficient (Wildman–Crippen LogP) is 4.22. The van der Waals surface area contributed by atoms with Crippen LogP contribution in [0, 0.1) is 0 Å². The first-order valence-electron chi connectivity index (χ1n) is 6.82. The maximum Gasteiger partial charge on any atom is 0.417 e. The molecule has 124 valence electrons. The molecule has 1 aromatic carbocycles. The van der Waals surface area contributed by atoms with Gasteiger partial charge in [0.15, 0.2) is 5.76 Å². The lowest BCUT2D eigenvalue weighted by atomic mass is 10.1. The van der Waals surface area contributed by atoms with Crippen LogP contribution in [-0.4, -0.2) is 9.72 Å². The highest BCUT2D eigenvalue weighted by atomic mass is 35.5. The van der Waals surface area contributed by atoms with Crippen LogP contribution in [0.3, 0.4) is 0 Å². The minimum atomic E-state index is -4.52. The summed E-state index contributed by atoms with van der Waals surface area (Å²) in [6.45, 7) is -0.149. The first-order chi connectivity index (χ1) is 11.3. The highest BCUT2D eigenvalue weighted by molar-refractivity contribution is 6.30. The van der Waals surface area contributed by atoms with E-state index in [0.717, 1.165) is 28.5 Å². The van der Waals surface area contributed by atoms with Crippen LogP contribution >= 0.6 is 11.6 Å². The smallest absolute Gasteiger partial charge is 0.359 e. The van der Waals surface area contributed by atoms with Crippen LogP contribution in [0.1, 0.15) is 11.3 Å². The van der Waals surface area contributed by atoms with E-state index in [1.54, 1.807) is 30.3 Å². The SMILES string of the molecule is O=c1ccc(C(F)(F)F)cn1Cc1cc(-c2ccc(Cl)cc2)no1. The van der Waals surface area contributed by atoms with E-state index in [9.17, 15) is 18.0 Å². The lowest BCUT2D eigenvalue weighted by molar-refractivity contribution is -0.138. The largest absolute Gasteiger partial charge is 0.417 e. The molecule has 0 N–H and O–H groups in total. The van der Waals surface area contributed by atoms with Crippen LogP contribution in [0.25, 0.3) is 11.3 Å². The van der Waals surface area contributed by atoms with Crippen molar-refractivity contribution in [2.45, 2.75) is 12.7 Å². The van der Waals surface area contributed by atoms with Crippen LogP contribution in [0.4, 0.5) is 13.2 Å². The van der Waals surface area contributed by atoms with Crippen molar-refractivity contribution < 1.29 is 17.7 Å². The van der Waals surface area contributed by atoms with Gasteiger partial charge in [0.05, 0.1) is 12.1 Å². The van der Waals surface area contributed by atoms with Gasteiger partial charge in [-0.25, -0.2) is 0 Å². The van der Waals surface area contributed by atoms with Crippen molar-refractivity contribution in [3.05, 3.63) is 75.4 Å². The molecule has 0 aliphatic carbocycles. The van der Waals surface area contributed by atoms with E-state index in [1.165, 1.54) is 0 Å². The zero-order valence-corrected chi connectivity index (χ0v) is 12.8. The molecule has 2 aromatic heterocycles. The zero-order valence-electron chi connectivity index (χ0n) is 12.0. The van der Waals surface area contributed by atoms with Crippen LogP contribution < -0.4 is 5.56 Å². The quantitative estimate of drug-likeness (QED) is 0.707. The topological polar surface area (TPSA) is 48.0 Å². The van der Waals surface area contributed by atoms with Crippen LogP contribution in [0.15, 0.2) is 58.0 Å². The Balaban J connectivity index is 1.87. The highest BCUT2D eigenvalue weighted by Crippen LogP contribution is 2.28. The molecule has 3 rings (SSSR count). The Labute approximate surface area is 139 Å². The number of rotatable bonds is 3. The second-order valence-corrected chi connectivity index (χ2v) is 5.50. The molecule has 4 nitrogen and oxygen atoms in total. The molecule has 0 unspecified atom stereocenters. The molecule has 3 aromatic rings. The predicted molar refractivity (Wildman–Crippen MR) is 81.8 cm³/mol. The Bertz CT molecular complexity index is 914.